The molecule has 35 heavy (non-hydrogen) atoms. The lowest BCUT2D eigenvalue weighted by Gasteiger charge is -2.21. The number of fused-ring (bicyclic) bond motifs is 1. The van der Waals surface area contributed by atoms with Gasteiger partial charge in [-0.15, -0.1) is 0 Å². The molecule has 1 aliphatic heterocycles. The number of para-hydroxylation sites is 1. The maximum atomic E-state index is 12.7. The summed E-state index contributed by atoms with van der Waals surface area (Å²) in [5, 5.41) is 7.39. The van der Waals surface area contributed by atoms with Crippen LogP contribution in [0.1, 0.15) is 46.2 Å². The summed E-state index contributed by atoms with van der Waals surface area (Å²) in [6.07, 6.45) is 4.74. The predicted octanol–water partition coefficient (Wildman–Crippen LogP) is 2.99. The number of nitrogens with one attached hydrogen (secondary N) is 1. The zero-order chi connectivity index (χ0) is 25.3. The maximum absolute atomic E-state index is 12.7. The molecule has 3 amide bonds. The molecule has 9 nitrogen and oxygen atoms in total. The second kappa shape index (κ2) is 9.48. The van der Waals surface area contributed by atoms with Gasteiger partial charge in [0.25, 0.3) is 5.91 Å². The van der Waals surface area contributed by atoms with Crippen LogP contribution < -0.4 is 5.32 Å². The molecule has 3 unspecified atom stereocenters. The first-order chi connectivity index (χ1) is 16.6. The van der Waals surface area contributed by atoms with Crippen molar-refractivity contribution in [3.63, 3.8) is 0 Å². The lowest BCUT2D eigenvalue weighted by Crippen LogP contribution is -2.45. The van der Waals surface area contributed by atoms with Crippen LogP contribution in [-0.4, -0.2) is 51.0 Å². The van der Waals surface area contributed by atoms with Crippen molar-refractivity contribution in [1.29, 1.82) is 0 Å². The van der Waals surface area contributed by atoms with E-state index in [1.54, 1.807) is 10.7 Å². The highest BCUT2D eigenvalue weighted by Gasteiger charge is 2.50. The Morgan fingerprint density at radius 2 is 1.69 bits per heavy atom. The fourth-order valence-corrected chi connectivity index (χ4v) is 4.35. The molecule has 1 N–H and O–H groups in total. The van der Waals surface area contributed by atoms with Crippen molar-refractivity contribution in [2.75, 3.05) is 11.9 Å². The highest BCUT2D eigenvalue weighted by molar-refractivity contribution is 6.08. The Balaban J connectivity index is 1.41. The number of benzene rings is 1. The number of aromatic nitrogens is 2. The summed E-state index contributed by atoms with van der Waals surface area (Å²) in [5.74, 6) is -2.50. The number of carbonyl (C=O) groups is 4. The summed E-state index contributed by atoms with van der Waals surface area (Å²) < 4.78 is 6.80. The number of hydrogen-bond acceptors (Lipinski definition) is 6. The molecule has 2 aromatic rings. The molecule has 4 rings (SSSR count). The van der Waals surface area contributed by atoms with Gasteiger partial charge in [0.1, 0.15) is 11.9 Å². The summed E-state index contributed by atoms with van der Waals surface area (Å²) >= 11 is 0. The van der Waals surface area contributed by atoms with Crippen molar-refractivity contribution < 1.29 is 23.9 Å². The molecule has 1 fully saturated rings. The van der Waals surface area contributed by atoms with Gasteiger partial charge in [0.15, 0.2) is 6.61 Å². The van der Waals surface area contributed by atoms with Crippen molar-refractivity contribution in [2.45, 2.75) is 52.0 Å². The Morgan fingerprint density at radius 3 is 2.26 bits per heavy atom. The molecule has 0 bridgehead atoms. The smallest absolute Gasteiger partial charge is 0.329 e. The molecular formula is C26H30N4O5. The number of carbonyl (C=O) groups excluding carboxylic acids is 4. The van der Waals surface area contributed by atoms with Crippen LogP contribution >= 0.6 is 0 Å². The minimum absolute atomic E-state index is 0.247. The van der Waals surface area contributed by atoms with Gasteiger partial charge in [-0.2, -0.15) is 5.10 Å². The zero-order valence-corrected chi connectivity index (χ0v) is 20.4. The van der Waals surface area contributed by atoms with Gasteiger partial charge in [0.05, 0.1) is 23.2 Å². The number of allylic oxidation sites excluding steroid dienone is 2. The van der Waals surface area contributed by atoms with Crippen molar-refractivity contribution in [1.82, 2.24) is 14.7 Å². The average Bonchev–Trinajstić information content (AvgIpc) is 3.37. The van der Waals surface area contributed by atoms with E-state index in [0.717, 1.165) is 16.3 Å². The van der Waals surface area contributed by atoms with Crippen LogP contribution in [0.25, 0.3) is 5.69 Å². The van der Waals surface area contributed by atoms with Gasteiger partial charge in [-0.3, -0.25) is 19.3 Å². The average molecular weight is 479 g/mol. The van der Waals surface area contributed by atoms with E-state index in [0.29, 0.717) is 18.7 Å². The molecule has 1 aliphatic carbocycles. The lowest BCUT2D eigenvalue weighted by atomic mass is 9.85. The molecule has 9 heteroatoms. The number of anilines is 1. The van der Waals surface area contributed by atoms with Crippen LogP contribution in [0.5, 0.6) is 0 Å². The Kier molecular flexibility index (Phi) is 6.60. The molecule has 2 heterocycles. The quantitative estimate of drug-likeness (QED) is 0.388. The number of likely N-dealkylation sites (tertiary alicyclic amines) is 1. The fourth-order valence-electron chi connectivity index (χ4n) is 4.35. The highest BCUT2D eigenvalue weighted by Crippen LogP contribution is 2.36. The molecule has 1 aromatic heterocycles. The van der Waals surface area contributed by atoms with Crippen molar-refractivity contribution in [3.05, 3.63) is 54.2 Å². The van der Waals surface area contributed by atoms with Gasteiger partial charge in [-0.1, -0.05) is 51.1 Å². The standard InChI is InChI=1S/C26H30N4O5/c1-16(29-23(32)18-12-8-9-13-19(18)24(29)33)25(34)35-15-22(31)27-21-14-20(26(2,3)4)28-30(21)17-10-6-5-7-11-17/h5-11,14,16,18-19H,12-13,15H2,1-4H3,(H,27,31). The van der Waals surface area contributed by atoms with E-state index in [9.17, 15) is 19.2 Å². The van der Waals surface area contributed by atoms with Crippen LogP contribution in [0.15, 0.2) is 48.6 Å². The molecule has 184 valence electrons. The molecule has 2 aliphatic rings. The van der Waals surface area contributed by atoms with E-state index in [4.69, 9.17) is 4.74 Å². The Bertz CT molecular complexity index is 1150. The fraction of sp³-hybridized carbons (Fsp3) is 0.423. The number of esters is 1. The van der Waals surface area contributed by atoms with Crippen molar-refractivity contribution in [3.8, 4) is 5.69 Å². The third-order valence-corrected chi connectivity index (χ3v) is 6.36. The Hall–Kier alpha value is -3.75. The van der Waals surface area contributed by atoms with Crippen LogP contribution in [0, 0.1) is 11.8 Å². The summed E-state index contributed by atoms with van der Waals surface area (Å²) in [5.41, 5.74) is 1.30. The first kappa shape index (κ1) is 24.4. The van der Waals surface area contributed by atoms with E-state index >= 15 is 0 Å². The maximum Gasteiger partial charge on any atom is 0.329 e. The molecule has 0 saturated carbocycles. The number of nitrogens with zero attached hydrogens (tertiary/aromatic N) is 3. The Morgan fingerprint density at radius 1 is 1.09 bits per heavy atom. The number of amides is 3. The van der Waals surface area contributed by atoms with E-state index < -0.39 is 36.4 Å². The topological polar surface area (TPSA) is 111 Å². The SMILES string of the molecule is CC(C(=O)OCC(=O)Nc1cc(C(C)(C)C)nn1-c1ccccc1)N1C(=O)C2CC=CCC2C1=O. The van der Waals surface area contributed by atoms with E-state index in [1.807, 2.05) is 63.3 Å². The van der Waals surface area contributed by atoms with Gasteiger partial charge in [-0.25, -0.2) is 9.48 Å². The molecule has 0 spiro atoms. The summed E-state index contributed by atoms with van der Waals surface area (Å²) in [6, 6.07) is 10.0. The molecular weight excluding hydrogens is 448 g/mol. The zero-order valence-electron chi connectivity index (χ0n) is 20.4. The van der Waals surface area contributed by atoms with Crippen LogP contribution in [0.3, 0.4) is 0 Å². The van der Waals surface area contributed by atoms with Gasteiger partial charge in [0, 0.05) is 11.5 Å². The van der Waals surface area contributed by atoms with E-state index in [-0.39, 0.29) is 17.2 Å². The van der Waals surface area contributed by atoms with Crippen molar-refractivity contribution in [2.24, 2.45) is 11.8 Å². The Labute approximate surface area is 204 Å². The summed E-state index contributed by atoms with van der Waals surface area (Å²) in [4.78, 5) is 51.7. The van der Waals surface area contributed by atoms with Crippen LogP contribution in [0.2, 0.25) is 0 Å². The lowest BCUT2D eigenvalue weighted by molar-refractivity contribution is -0.159. The van der Waals surface area contributed by atoms with Gasteiger partial charge < -0.3 is 10.1 Å². The number of ether oxygens (including phenoxy) is 1. The number of imide groups is 1. The van der Waals surface area contributed by atoms with Gasteiger partial charge in [0.2, 0.25) is 11.8 Å². The molecule has 3 atom stereocenters. The van der Waals surface area contributed by atoms with Crippen LogP contribution in [0.4, 0.5) is 5.82 Å². The van der Waals surface area contributed by atoms with E-state index in [1.165, 1.54) is 6.92 Å². The first-order valence-corrected chi connectivity index (χ1v) is 11.7. The normalized spacial score (nSPS) is 20.5. The molecule has 0 radical (unpaired) electrons. The molecule has 1 saturated heterocycles. The number of rotatable bonds is 6. The second-order valence-electron chi connectivity index (χ2n) is 9.95. The monoisotopic (exact) mass is 478 g/mol. The van der Waals surface area contributed by atoms with Crippen molar-refractivity contribution >= 4 is 29.5 Å². The summed E-state index contributed by atoms with van der Waals surface area (Å²) in [6.45, 7) is 6.95. The first-order valence-electron chi connectivity index (χ1n) is 11.7. The second-order valence-corrected chi connectivity index (χ2v) is 9.95. The predicted molar refractivity (Wildman–Crippen MR) is 129 cm³/mol. The van der Waals surface area contributed by atoms with Crippen LogP contribution in [-0.2, 0) is 29.3 Å². The number of hydrogen-bond donors (Lipinski definition) is 1. The third-order valence-electron chi connectivity index (χ3n) is 6.36. The minimum atomic E-state index is -1.10. The van der Waals surface area contributed by atoms with Gasteiger partial charge in [-0.05, 0) is 31.9 Å². The summed E-state index contributed by atoms with van der Waals surface area (Å²) in [7, 11) is 0. The van der Waals surface area contributed by atoms with Gasteiger partial charge >= 0.3 is 5.97 Å². The molecule has 1 aromatic carbocycles. The van der Waals surface area contributed by atoms with E-state index in [2.05, 4.69) is 10.4 Å². The third kappa shape index (κ3) is 4.89. The minimum Gasteiger partial charge on any atom is -0.454 e. The largest absolute Gasteiger partial charge is 0.454 e. The highest BCUT2D eigenvalue weighted by atomic mass is 16.5.